The minimum atomic E-state index is 0.145. The van der Waals surface area contributed by atoms with Crippen molar-refractivity contribution >= 4 is 40.3 Å². The largest absolute Gasteiger partial charge is 0.494 e. The number of hydrogen-bond donors (Lipinski definition) is 3. The van der Waals surface area contributed by atoms with E-state index in [1.807, 2.05) is 24.3 Å². The van der Waals surface area contributed by atoms with Crippen LogP contribution in [0, 0.1) is 0 Å². The van der Waals surface area contributed by atoms with Crippen LogP contribution < -0.4 is 21.1 Å². The first-order valence-corrected chi connectivity index (χ1v) is 6.53. The molecule has 0 fully saturated rings. The van der Waals surface area contributed by atoms with E-state index in [0.29, 0.717) is 5.11 Å². The third-order valence-electron chi connectivity index (χ3n) is 2.12. The number of ether oxygens (including phenoxy) is 1. The molecule has 0 heterocycles. The van der Waals surface area contributed by atoms with Gasteiger partial charge >= 0.3 is 0 Å². The van der Waals surface area contributed by atoms with Gasteiger partial charge in [0, 0.05) is 5.69 Å². The zero-order valence-electron chi connectivity index (χ0n) is 10.2. The van der Waals surface area contributed by atoms with E-state index in [2.05, 4.69) is 29.8 Å². The van der Waals surface area contributed by atoms with Crippen molar-refractivity contribution in [3.8, 4) is 5.75 Å². The number of rotatable bonds is 5. The molecule has 4 N–H and O–H groups in total. The van der Waals surface area contributed by atoms with Gasteiger partial charge in [-0.25, -0.2) is 0 Å². The van der Waals surface area contributed by atoms with E-state index >= 15 is 0 Å². The number of nitrogens with one attached hydrogen (secondary N) is 2. The Morgan fingerprint density at radius 3 is 2.50 bits per heavy atom. The molecule has 0 saturated heterocycles. The number of hydrogen-bond acceptors (Lipinski definition) is 3. The molecule has 4 nitrogen and oxygen atoms in total. The summed E-state index contributed by atoms with van der Waals surface area (Å²) in [6.45, 7) is 2.87. The quantitative estimate of drug-likeness (QED) is 0.570. The number of benzene rings is 1. The minimum Gasteiger partial charge on any atom is -0.494 e. The summed E-state index contributed by atoms with van der Waals surface area (Å²) in [5.74, 6) is 0.849. The SMILES string of the molecule is CCCCOc1ccc(NC(=S)NC(N)=S)cc1. The van der Waals surface area contributed by atoms with Crippen LogP contribution in [0.4, 0.5) is 5.69 Å². The number of thiocarbonyl (C=S) groups is 2. The summed E-state index contributed by atoms with van der Waals surface area (Å²) < 4.78 is 5.55. The van der Waals surface area contributed by atoms with Gasteiger partial charge in [0.15, 0.2) is 10.2 Å². The van der Waals surface area contributed by atoms with E-state index < -0.39 is 0 Å². The molecule has 0 aliphatic rings. The van der Waals surface area contributed by atoms with E-state index in [-0.39, 0.29) is 5.11 Å². The molecule has 1 rings (SSSR count). The summed E-state index contributed by atoms with van der Waals surface area (Å²) in [5.41, 5.74) is 6.17. The summed E-state index contributed by atoms with van der Waals surface area (Å²) >= 11 is 9.70. The van der Waals surface area contributed by atoms with Crippen LogP contribution in [-0.2, 0) is 0 Å². The fourth-order valence-electron chi connectivity index (χ4n) is 1.24. The Hall–Kier alpha value is -1.40. The summed E-state index contributed by atoms with van der Waals surface area (Å²) in [5, 5.41) is 6.13. The van der Waals surface area contributed by atoms with Gasteiger partial charge in [0.05, 0.1) is 6.61 Å². The maximum atomic E-state index is 5.55. The van der Waals surface area contributed by atoms with E-state index in [0.717, 1.165) is 30.9 Å². The Kier molecular flexibility index (Phi) is 6.38. The van der Waals surface area contributed by atoms with Gasteiger partial charge in [0.2, 0.25) is 0 Å². The molecule has 0 atom stereocenters. The topological polar surface area (TPSA) is 59.3 Å². The van der Waals surface area contributed by atoms with E-state index in [9.17, 15) is 0 Å². The predicted molar refractivity (Wildman–Crippen MR) is 83.0 cm³/mol. The van der Waals surface area contributed by atoms with E-state index in [4.69, 9.17) is 22.7 Å². The van der Waals surface area contributed by atoms with Crippen molar-refractivity contribution in [2.45, 2.75) is 19.8 Å². The van der Waals surface area contributed by atoms with Crippen molar-refractivity contribution in [2.75, 3.05) is 11.9 Å². The predicted octanol–water partition coefficient (Wildman–Crippen LogP) is 2.40. The summed E-state index contributed by atoms with van der Waals surface area (Å²) in [6.07, 6.45) is 2.18. The number of nitrogens with two attached hydrogens (primary N) is 1. The van der Waals surface area contributed by atoms with Crippen molar-refractivity contribution in [3.63, 3.8) is 0 Å². The van der Waals surface area contributed by atoms with Crippen molar-refractivity contribution in [3.05, 3.63) is 24.3 Å². The first kappa shape index (κ1) is 14.7. The van der Waals surface area contributed by atoms with Gasteiger partial charge in [-0.3, -0.25) is 0 Å². The standard InChI is InChI=1S/C12H17N3OS2/c1-2-3-8-16-10-6-4-9(5-7-10)14-12(18)15-11(13)17/h4-7H,2-3,8H2,1H3,(H4,13,14,15,17,18). The maximum absolute atomic E-state index is 5.55. The van der Waals surface area contributed by atoms with E-state index in [1.165, 1.54) is 0 Å². The van der Waals surface area contributed by atoms with Crippen molar-refractivity contribution < 1.29 is 4.74 Å². The van der Waals surface area contributed by atoms with Crippen LogP contribution in [0.15, 0.2) is 24.3 Å². The molecule has 0 aromatic heterocycles. The molecule has 98 valence electrons. The molecule has 0 saturated carbocycles. The lowest BCUT2D eigenvalue weighted by molar-refractivity contribution is 0.309. The van der Waals surface area contributed by atoms with Crippen molar-refractivity contribution in [1.29, 1.82) is 0 Å². The van der Waals surface area contributed by atoms with Crippen LogP contribution in [-0.4, -0.2) is 16.8 Å². The lowest BCUT2D eigenvalue weighted by Gasteiger charge is -2.10. The van der Waals surface area contributed by atoms with Crippen LogP contribution >= 0.6 is 24.4 Å². The second-order valence-corrected chi connectivity index (χ2v) is 4.52. The molecule has 0 radical (unpaired) electrons. The lowest BCUT2D eigenvalue weighted by atomic mass is 10.3. The molecule has 0 aliphatic heterocycles. The molecule has 0 spiro atoms. The van der Waals surface area contributed by atoms with Crippen LogP contribution in [0.5, 0.6) is 5.75 Å². The van der Waals surface area contributed by atoms with Gasteiger partial charge < -0.3 is 21.1 Å². The second-order valence-electron chi connectivity index (χ2n) is 3.67. The fourth-order valence-corrected chi connectivity index (χ4v) is 1.64. The van der Waals surface area contributed by atoms with Gasteiger partial charge in [-0.1, -0.05) is 13.3 Å². The van der Waals surface area contributed by atoms with Gasteiger partial charge in [0.25, 0.3) is 0 Å². The minimum absolute atomic E-state index is 0.145. The smallest absolute Gasteiger partial charge is 0.177 e. The molecule has 1 aromatic carbocycles. The van der Waals surface area contributed by atoms with Crippen LogP contribution in [0.2, 0.25) is 0 Å². The molecule has 0 bridgehead atoms. The molecule has 0 amide bonds. The Balaban J connectivity index is 2.44. The number of anilines is 1. The Morgan fingerprint density at radius 1 is 1.28 bits per heavy atom. The van der Waals surface area contributed by atoms with Gasteiger partial charge in [-0.2, -0.15) is 0 Å². The molecular weight excluding hydrogens is 266 g/mol. The summed E-state index contributed by atoms with van der Waals surface area (Å²) in [6, 6.07) is 7.55. The highest BCUT2D eigenvalue weighted by Gasteiger charge is 1.99. The average Bonchev–Trinajstić information content (AvgIpc) is 2.30. The highest BCUT2D eigenvalue weighted by Crippen LogP contribution is 2.15. The lowest BCUT2D eigenvalue weighted by Crippen LogP contribution is -2.37. The van der Waals surface area contributed by atoms with Crippen molar-refractivity contribution in [2.24, 2.45) is 5.73 Å². The monoisotopic (exact) mass is 283 g/mol. The zero-order valence-corrected chi connectivity index (χ0v) is 11.9. The molecule has 1 aromatic rings. The molecular formula is C12H17N3OS2. The normalized spacial score (nSPS) is 9.61. The molecule has 6 heteroatoms. The average molecular weight is 283 g/mol. The van der Waals surface area contributed by atoms with Gasteiger partial charge in [0.1, 0.15) is 5.75 Å². The fraction of sp³-hybridized carbons (Fsp3) is 0.333. The first-order valence-electron chi connectivity index (χ1n) is 5.72. The highest BCUT2D eigenvalue weighted by atomic mass is 32.1. The van der Waals surface area contributed by atoms with E-state index in [1.54, 1.807) is 0 Å². The van der Waals surface area contributed by atoms with Crippen LogP contribution in [0.25, 0.3) is 0 Å². The Labute approximate surface area is 118 Å². The first-order chi connectivity index (χ1) is 8.61. The maximum Gasteiger partial charge on any atom is 0.177 e. The highest BCUT2D eigenvalue weighted by molar-refractivity contribution is 7.82. The molecule has 18 heavy (non-hydrogen) atoms. The summed E-state index contributed by atoms with van der Waals surface area (Å²) in [7, 11) is 0. The third kappa shape index (κ3) is 5.79. The molecule has 0 unspecified atom stereocenters. The number of unbranched alkanes of at least 4 members (excludes halogenated alkanes) is 1. The van der Waals surface area contributed by atoms with Crippen LogP contribution in [0.1, 0.15) is 19.8 Å². The van der Waals surface area contributed by atoms with Gasteiger partial charge in [-0.05, 0) is 55.1 Å². The Bertz CT molecular complexity index is 406. The molecule has 0 aliphatic carbocycles. The third-order valence-corrected chi connectivity index (χ3v) is 2.42. The zero-order chi connectivity index (χ0) is 13.4. The van der Waals surface area contributed by atoms with Gasteiger partial charge in [-0.15, -0.1) is 0 Å². The van der Waals surface area contributed by atoms with Crippen LogP contribution in [0.3, 0.4) is 0 Å². The Morgan fingerprint density at radius 2 is 1.94 bits per heavy atom. The second kappa shape index (κ2) is 7.84. The summed E-state index contributed by atoms with van der Waals surface area (Å²) in [4.78, 5) is 0. The van der Waals surface area contributed by atoms with Crippen molar-refractivity contribution in [1.82, 2.24) is 5.32 Å².